The number of para-hydroxylation sites is 1. The second-order valence-corrected chi connectivity index (χ2v) is 9.87. The highest BCUT2D eigenvalue weighted by Crippen LogP contribution is 2.24. The highest BCUT2D eigenvalue weighted by Gasteiger charge is 2.32. The molecular formula is C23H23N5O4S. The number of piperidine rings is 1. The molecule has 1 aliphatic heterocycles. The third-order valence-electron chi connectivity index (χ3n) is 5.89. The summed E-state index contributed by atoms with van der Waals surface area (Å²) >= 11 is 0. The Labute approximate surface area is 191 Å². The lowest BCUT2D eigenvalue weighted by molar-refractivity contribution is -0.126. The Morgan fingerprint density at radius 1 is 1.03 bits per heavy atom. The lowest BCUT2D eigenvalue weighted by atomic mass is 9.98. The molecule has 10 heteroatoms. The van der Waals surface area contributed by atoms with Crippen LogP contribution >= 0.6 is 0 Å². The van der Waals surface area contributed by atoms with Gasteiger partial charge in [0.05, 0.1) is 22.1 Å². The van der Waals surface area contributed by atoms with Gasteiger partial charge in [0.1, 0.15) is 0 Å². The first-order chi connectivity index (χ1) is 15.8. The van der Waals surface area contributed by atoms with Crippen LogP contribution in [0.15, 0.2) is 59.6 Å². The molecule has 2 N–H and O–H groups in total. The summed E-state index contributed by atoms with van der Waals surface area (Å²) in [4.78, 5) is 25.3. The minimum atomic E-state index is -3.70. The van der Waals surface area contributed by atoms with Crippen molar-refractivity contribution in [1.82, 2.24) is 19.7 Å². The number of sulfonamides is 1. The van der Waals surface area contributed by atoms with E-state index in [0.717, 1.165) is 10.9 Å². The summed E-state index contributed by atoms with van der Waals surface area (Å²) in [6.07, 6.45) is 2.38. The molecule has 0 atom stereocenters. The molecule has 0 saturated carbocycles. The van der Waals surface area contributed by atoms with Gasteiger partial charge in [-0.2, -0.15) is 9.57 Å². The van der Waals surface area contributed by atoms with Crippen molar-refractivity contribution in [3.63, 3.8) is 0 Å². The predicted molar refractivity (Wildman–Crippen MR) is 121 cm³/mol. The van der Waals surface area contributed by atoms with Crippen LogP contribution in [0, 0.1) is 17.2 Å². The van der Waals surface area contributed by atoms with Crippen molar-refractivity contribution in [2.75, 3.05) is 13.1 Å². The van der Waals surface area contributed by atoms with E-state index in [1.807, 2.05) is 41.9 Å². The average Bonchev–Trinajstić information content (AvgIpc) is 3.19. The third kappa shape index (κ3) is 4.46. The number of nitrogens with one attached hydrogen (secondary N) is 2. The van der Waals surface area contributed by atoms with Crippen molar-refractivity contribution in [1.29, 1.82) is 5.26 Å². The van der Waals surface area contributed by atoms with Crippen molar-refractivity contribution < 1.29 is 18.0 Å². The summed E-state index contributed by atoms with van der Waals surface area (Å²) in [5.74, 6) is -1.18. The Bertz CT molecular complexity index is 1350. The molecule has 0 spiro atoms. The quantitative estimate of drug-likeness (QED) is 0.570. The minimum absolute atomic E-state index is 0.117. The second kappa shape index (κ2) is 9.05. The zero-order valence-electron chi connectivity index (χ0n) is 18.0. The number of aryl methyl sites for hydroxylation is 1. The van der Waals surface area contributed by atoms with E-state index in [1.54, 1.807) is 6.20 Å². The van der Waals surface area contributed by atoms with E-state index >= 15 is 0 Å². The maximum Gasteiger partial charge on any atom is 0.271 e. The molecule has 1 aliphatic rings. The van der Waals surface area contributed by atoms with Crippen LogP contribution in [-0.4, -0.2) is 42.2 Å². The molecule has 0 unspecified atom stereocenters. The number of carbonyl (C=O) groups is 2. The van der Waals surface area contributed by atoms with Gasteiger partial charge in [-0.05, 0) is 43.2 Å². The highest BCUT2D eigenvalue weighted by molar-refractivity contribution is 7.89. The van der Waals surface area contributed by atoms with Crippen LogP contribution < -0.4 is 10.9 Å². The molecule has 0 radical (unpaired) electrons. The van der Waals surface area contributed by atoms with Crippen LogP contribution in [0.5, 0.6) is 0 Å². The van der Waals surface area contributed by atoms with Crippen LogP contribution in [-0.2, 0) is 21.9 Å². The number of aromatic nitrogens is 1. The van der Waals surface area contributed by atoms with E-state index < -0.39 is 21.8 Å². The molecule has 4 rings (SSSR count). The second-order valence-electron chi connectivity index (χ2n) is 7.93. The summed E-state index contributed by atoms with van der Waals surface area (Å²) in [5.41, 5.74) is 6.69. The van der Waals surface area contributed by atoms with Crippen molar-refractivity contribution in [3.05, 3.63) is 65.9 Å². The predicted octanol–water partition coefficient (Wildman–Crippen LogP) is 1.91. The number of carbonyl (C=O) groups excluding carboxylic acids is 2. The standard InChI is InChI=1S/C23H23N5O4S/c1-27-15-20(19-4-2-3-5-21(19)27)23(30)26-25-22(29)17-10-12-28(13-11-17)33(31,32)18-8-6-16(14-24)7-9-18/h2-9,15,17H,10-13H2,1H3,(H,25,29)(H,26,30). The maximum atomic E-state index is 12.8. The summed E-state index contributed by atoms with van der Waals surface area (Å²) in [6, 6.07) is 15.2. The fourth-order valence-corrected chi connectivity index (χ4v) is 5.49. The molecule has 33 heavy (non-hydrogen) atoms. The first-order valence-corrected chi connectivity index (χ1v) is 11.9. The number of hydrogen-bond acceptors (Lipinski definition) is 5. The van der Waals surface area contributed by atoms with Crippen LogP contribution in [0.2, 0.25) is 0 Å². The molecule has 2 amide bonds. The van der Waals surface area contributed by atoms with Crippen LogP contribution in [0.25, 0.3) is 10.9 Å². The Morgan fingerprint density at radius 2 is 1.70 bits per heavy atom. The number of amides is 2. The van der Waals surface area contributed by atoms with Gasteiger partial charge in [-0.25, -0.2) is 8.42 Å². The van der Waals surface area contributed by atoms with Crippen molar-refractivity contribution in [3.8, 4) is 6.07 Å². The fourth-order valence-electron chi connectivity index (χ4n) is 4.02. The third-order valence-corrected chi connectivity index (χ3v) is 7.80. The zero-order chi connectivity index (χ0) is 23.6. The number of hydrogen-bond donors (Lipinski definition) is 2. The van der Waals surface area contributed by atoms with E-state index in [4.69, 9.17) is 5.26 Å². The molecule has 0 aliphatic carbocycles. The smallest absolute Gasteiger partial charge is 0.271 e. The Hall–Kier alpha value is -3.68. The van der Waals surface area contributed by atoms with E-state index in [-0.39, 0.29) is 23.9 Å². The van der Waals surface area contributed by atoms with E-state index in [0.29, 0.717) is 24.0 Å². The van der Waals surface area contributed by atoms with Crippen LogP contribution in [0.3, 0.4) is 0 Å². The van der Waals surface area contributed by atoms with Gasteiger partial charge >= 0.3 is 0 Å². The van der Waals surface area contributed by atoms with Gasteiger partial charge in [-0.1, -0.05) is 18.2 Å². The molecule has 1 aromatic heterocycles. The van der Waals surface area contributed by atoms with Gasteiger partial charge in [0, 0.05) is 43.2 Å². The first-order valence-electron chi connectivity index (χ1n) is 10.5. The first kappa shape index (κ1) is 22.5. The van der Waals surface area contributed by atoms with Crippen LogP contribution in [0.1, 0.15) is 28.8 Å². The van der Waals surface area contributed by atoms with Gasteiger partial charge in [0.15, 0.2) is 0 Å². The Balaban J connectivity index is 1.33. The Kier molecular flexibility index (Phi) is 6.18. The minimum Gasteiger partial charge on any atom is -0.350 e. The average molecular weight is 466 g/mol. The van der Waals surface area contributed by atoms with Gasteiger partial charge in [0.25, 0.3) is 5.91 Å². The van der Waals surface area contributed by atoms with Gasteiger partial charge in [-0.3, -0.25) is 20.4 Å². The normalized spacial score (nSPS) is 15.2. The van der Waals surface area contributed by atoms with Gasteiger partial charge in [0.2, 0.25) is 15.9 Å². The lowest BCUT2D eigenvalue weighted by Gasteiger charge is -2.30. The van der Waals surface area contributed by atoms with Crippen molar-refractivity contribution >= 4 is 32.7 Å². The van der Waals surface area contributed by atoms with Crippen molar-refractivity contribution in [2.24, 2.45) is 13.0 Å². The molecule has 3 aromatic rings. The molecule has 9 nitrogen and oxygen atoms in total. The van der Waals surface area contributed by atoms with Gasteiger partial charge in [-0.15, -0.1) is 0 Å². The molecule has 2 aromatic carbocycles. The number of benzene rings is 2. The fraction of sp³-hybridized carbons (Fsp3) is 0.261. The summed E-state index contributed by atoms with van der Waals surface area (Å²) in [7, 11) is -1.85. The molecular weight excluding hydrogens is 442 g/mol. The van der Waals surface area contributed by atoms with Crippen molar-refractivity contribution in [2.45, 2.75) is 17.7 Å². The SMILES string of the molecule is Cn1cc(C(=O)NNC(=O)C2CCN(S(=O)(=O)c3ccc(C#N)cc3)CC2)c2ccccc21. The zero-order valence-corrected chi connectivity index (χ0v) is 18.8. The largest absolute Gasteiger partial charge is 0.350 e. The maximum absolute atomic E-state index is 12.8. The molecule has 1 fully saturated rings. The number of fused-ring (bicyclic) bond motifs is 1. The summed E-state index contributed by atoms with van der Waals surface area (Å²) < 4.78 is 28.8. The lowest BCUT2D eigenvalue weighted by Crippen LogP contribution is -2.48. The van der Waals surface area contributed by atoms with E-state index in [2.05, 4.69) is 10.9 Å². The molecule has 2 heterocycles. The number of hydrazine groups is 1. The summed E-state index contributed by atoms with van der Waals surface area (Å²) in [5, 5.41) is 9.66. The molecule has 1 saturated heterocycles. The number of nitriles is 1. The molecule has 170 valence electrons. The topological polar surface area (TPSA) is 124 Å². The van der Waals surface area contributed by atoms with Crippen LogP contribution in [0.4, 0.5) is 0 Å². The van der Waals surface area contributed by atoms with E-state index in [1.165, 1.54) is 28.6 Å². The number of nitrogens with zero attached hydrogens (tertiary/aromatic N) is 3. The Morgan fingerprint density at radius 3 is 2.36 bits per heavy atom. The van der Waals surface area contributed by atoms with E-state index in [9.17, 15) is 18.0 Å². The number of rotatable bonds is 4. The molecule has 0 bridgehead atoms. The highest BCUT2D eigenvalue weighted by atomic mass is 32.2. The van der Waals surface area contributed by atoms with Gasteiger partial charge < -0.3 is 4.57 Å². The monoisotopic (exact) mass is 465 g/mol. The summed E-state index contributed by atoms with van der Waals surface area (Å²) in [6.45, 7) is 0.384.